The van der Waals surface area contributed by atoms with E-state index in [9.17, 15) is 0 Å². The SMILES string of the molecule is CNC1CCN(CC2CCSC2)C(C)C1. The van der Waals surface area contributed by atoms with Crippen LogP contribution in [-0.4, -0.2) is 48.6 Å². The molecule has 0 radical (unpaired) electrons. The van der Waals surface area contributed by atoms with Crippen molar-refractivity contribution in [1.29, 1.82) is 0 Å². The molecule has 2 rings (SSSR count). The number of hydrogen-bond donors (Lipinski definition) is 1. The molecular formula is C12H24N2S. The molecule has 2 saturated heterocycles. The summed E-state index contributed by atoms with van der Waals surface area (Å²) in [6.45, 7) is 5.05. The van der Waals surface area contributed by atoms with Crippen LogP contribution in [0.5, 0.6) is 0 Å². The monoisotopic (exact) mass is 228 g/mol. The standard InChI is InChI=1S/C12H24N2S/c1-10-7-12(13-2)3-5-14(10)8-11-4-6-15-9-11/h10-13H,3-9H2,1-2H3. The molecule has 2 nitrogen and oxygen atoms in total. The van der Waals surface area contributed by atoms with Crippen molar-refractivity contribution < 1.29 is 0 Å². The van der Waals surface area contributed by atoms with Gasteiger partial charge in [-0.1, -0.05) is 0 Å². The normalized spacial score (nSPS) is 38.4. The van der Waals surface area contributed by atoms with Gasteiger partial charge in [-0.25, -0.2) is 0 Å². The summed E-state index contributed by atoms with van der Waals surface area (Å²) in [6.07, 6.45) is 4.11. The molecule has 2 aliphatic rings. The third kappa shape index (κ3) is 3.11. The predicted molar refractivity (Wildman–Crippen MR) is 68.5 cm³/mol. The van der Waals surface area contributed by atoms with Gasteiger partial charge in [-0.15, -0.1) is 0 Å². The highest BCUT2D eigenvalue weighted by Crippen LogP contribution is 2.26. The Morgan fingerprint density at radius 2 is 2.27 bits per heavy atom. The Labute approximate surface area is 98.2 Å². The Hall–Kier alpha value is 0.270. The van der Waals surface area contributed by atoms with Crippen LogP contribution in [-0.2, 0) is 0 Å². The topological polar surface area (TPSA) is 15.3 Å². The van der Waals surface area contributed by atoms with Gasteiger partial charge in [-0.05, 0) is 57.2 Å². The minimum absolute atomic E-state index is 0.759. The van der Waals surface area contributed by atoms with Crippen molar-refractivity contribution in [2.24, 2.45) is 5.92 Å². The maximum atomic E-state index is 3.42. The number of nitrogens with zero attached hydrogens (tertiary/aromatic N) is 1. The molecular weight excluding hydrogens is 204 g/mol. The number of piperidine rings is 1. The lowest BCUT2D eigenvalue weighted by molar-refractivity contribution is 0.122. The van der Waals surface area contributed by atoms with E-state index in [4.69, 9.17) is 0 Å². The minimum atomic E-state index is 0.759. The van der Waals surface area contributed by atoms with Crippen molar-refractivity contribution >= 4 is 11.8 Å². The van der Waals surface area contributed by atoms with Gasteiger partial charge in [0.05, 0.1) is 0 Å². The minimum Gasteiger partial charge on any atom is -0.317 e. The van der Waals surface area contributed by atoms with E-state index < -0.39 is 0 Å². The maximum Gasteiger partial charge on any atom is 0.00910 e. The van der Waals surface area contributed by atoms with Gasteiger partial charge < -0.3 is 10.2 Å². The summed E-state index contributed by atoms with van der Waals surface area (Å²) >= 11 is 2.14. The zero-order chi connectivity index (χ0) is 10.7. The highest BCUT2D eigenvalue weighted by atomic mass is 32.2. The van der Waals surface area contributed by atoms with Gasteiger partial charge in [0, 0.05) is 18.6 Å². The van der Waals surface area contributed by atoms with Gasteiger partial charge in [0.15, 0.2) is 0 Å². The van der Waals surface area contributed by atoms with E-state index in [-0.39, 0.29) is 0 Å². The molecule has 88 valence electrons. The largest absolute Gasteiger partial charge is 0.317 e. The van der Waals surface area contributed by atoms with Crippen LogP contribution >= 0.6 is 11.8 Å². The fraction of sp³-hybridized carbons (Fsp3) is 1.00. The molecule has 3 unspecified atom stereocenters. The zero-order valence-corrected chi connectivity index (χ0v) is 10.9. The van der Waals surface area contributed by atoms with Crippen molar-refractivity contribution in [2.75, 3.05) is 31.6 Å². The van der Waals surface area contributed by atoms with Crippen LogP contribution < -0.4 is 5.32 Å². The van der Waals surface area contributed by atoms with Gasteiger partial charge in [-0.2, -0.15) is 11.8 Å². The van der Waals surface area contributed by atoms with Crippen molar-refractivity contribution in [1.82, 2.24) is 10.2 Å². The molecule has 0 saturated carbocycles. The third-order valence-electron chi connectivity index (χ3n) is 3.94. The molecule has 0 spiro atoms. The second-order valence-electron chi connectivity index (χ2n) is 5.08. The molecule has 3 heteroatoms. The van der Waals surface area contributed by atoms with E-state index in [0.29, 0.717) is 0 Å². The summed E-state index contributed by atoms with van der Waals surface area (Å²) in [5.41, 5.74) is 0. The fourth-order valence-electron chi connectivity index (χ4n) is 2.81. The first kappa shape index (κ1) is 11.7. The number of nitrogens with one attached hydrogen (secondary N) is 1. The van der Waals surface area contributed by atoms with Gasteiger partial charge >= 0.3 is 0 Å². The van der Waals surface area contributed by atoms with Crippen LogP contribution in [0, 0.1) is 5.92 Å². The second kappa shape index (κ2) is 5.55. The Morgan fingerprint density at radius 3 is 2.87 bits per heavy atom. The van der Waals surface area contributed by atoms with Crippen molar-refractivity contribution in [3.63, 3.8) is 0 Å². The van der Waals surface area contributed by atoms with Gasteiger partial charge in [0.25, 0.3) is 0 Å². The molecule has 0 aliphatic carbocycles. The lowest BCUT2D eigenvalue weighted by Crippen LogP contribution is -2.48. The average Bonchev–Trinajstić information content (AvgIpc) is 2.74. The Morgan fingerprint density at radius 1 is 1.40 bits per heavy atom. The van der Waals surface area contributed by atoms with Crippen LogP contribution in [0.4, 0.5) is 0 Å². The fourth-order valence-corrected chi connectivity index (χ4v) is 4.09. The zero-order valence-electron chi connectivity index (χ0n) is 10.0. The molecule has 0 bridgehead atoms. The molecule has 0 aromatic rings. The highest BCUT2D eigenvalue weighted by Gasteiger charge is 2.27. The van der Waals surface area contributed by atoms with Crippen LogP contribution in [0.1, 0.15) is 26.2 Å². The number of rotatable bonds is 3. The third-order valence-corrected chi connectivity index (χ3v) is 5.17. The second-order valence-corrected chi connectivity index (χ2v) is 6.23. The summed E-state index contributed by atoms with van der Waals surface area (Å²) in [5.74, 6) is 3.77. The van der Waals surface area contributed by atoms with Crippen LogP contribution in [0.3, 0.4) is 0 Å². The summed E-state index contributed by atoms with van der Waals surface area (Å²) in [4.78, 5) is 2.71. The summed E-state index contributed by atoms with van der Waals surface area (Å²) in [5, 5.41) is 3.42. The van der Waals surface area contributed by atoms with Gasteiger partial charge in [-0.3, -0.25) is 0 Å². The Balaban J connectivity index is 1.77. The van der Waals surface area contributed by atoms with Gasteiger partial charge in [0.2, 0.25) is 0 Å². The first-order valence-corrected chi connectivity index (χ1v) is 7.44. The van der Waals surface area contributed by atoms with E-state index >= 15 is 0 Å². The van der Waals surface area contributed by atoms with Crippen molar-refractivity contribution in [3.05, 3.63) is 0 Å². The van der Waals surface area contributed by atoms with Crippen LogP contribution in [0.15, 0.2) is 0 Å². The quantitative estimate of drug-likeness (QED) is 0.793. The van der Waals surface area contributed by atoms with E-state index in [2.05, 4.69) is 35.9 Å². The summed E-state index contributed by atoms with van der Waals surface area (Å²) < 4.78 is 0. The van der Waals surface area contributed by atoms with Crippen molar-refractivity contribution in [3.8, 4) is 0 Å². The van der Waals surface area contributed by atoms with E-state index in [1.54, 1.807) is 0 Å². The predicted octanol–water partition coefficient (Wildman–Crippen LogP) is 1.81. The number of hydrogen-bond acceptors (Lipinski definition) is 3. The van der Waals surface area contributed by atoms with Gasteiger partial charge in [0.1, 0.15) is 0 Å². The molecule has 3 atom stereocenters. The van der Waals surface area contributed by atoms with Crippen LogP contribution in [0.25, 0.3) is 0 Å². The lowest BCUT2D eigenvalue weighted by Gasteiger charge is -2.38. The molecule has 2 fully saturated rings. The van der Waals surface area contributed by atoms with Crippen molar-refractivity contribution in [2.45, 2.75) is 38.3 Å². The smallest absolute Gasteiger partial charge is 0.00910 e. The number of thioether (sulfide) groups is 1. The Bertz CT molecular complexity index is 192. The molecule has 0 amide bonds. The molecule has 2 aliphatic heterocycles. The number of likely N-dealkylation sites (tertiary alicyclic amines) is 1. The van der Waals surface area contributed by atoms with E-state index in [1.807, 2.05) is 0 Å². The van der Waals surface area contributed by atoms with E-state index in [0.717, 1.165) is 18.0 Å². The Kier molecular flexibility index (Phi) is 4.35. The maximum absolute atomic E-state index is 3.42. The first-order chi connectivity index (χ1) is 7.29. The lowest BCUT2D eigenvalue weighted by atomic mass is 9.96. The summed E-state index contributed by atoms with van der Waals surface area (Å²) in [6, 6.07) is 1.54. The average molecular weight is 228 g/mol. The molecule has 2 heterocycles. The molecule has 1 N–H and O–H groups in total. The molecule has 0 aromatic heterocycles. The highest BCUT2D eigenvalue weighted by molar-refractivity contribution is 7.99. The van der Waals surface area contributed by atoms with Crippen LogP contribution in [0.2, 0.25) is 0 Å². The van der Waals surface area contributed by atoms with E-state index in [1.165, 1.54) is 43.9 Å². The molecule has 15 heavy (non-hydrogen) atoms. The molecule has 0 aromatic carbocycles. The summed E-state index contributed by atoms with van der Waals surface area (Å²) in [7, 11) is 2.10. The first-order valence-electron chi connectivity index (χ1n) is 6.28.